The average Bonchev–Trinajstić information content (AvgIpc) is 2.86. The second-order valence-corrected chi connectivity index (χ2v) is 8.93. The molecule has 0 aromatic heterocycles. The van der Waals surface area contributed by atoms with E-state index in [0.717, 1.165) is 54.3 Å². The molecule has 0 aliphatic rings. The molecule has 0 unspecified atom stereocenters. The monoisotopic (exact) mass is 476 g/mol. The van der Waals surface area contributed by atoms with Crippen molar-refractivity contribution in [3.8, 4) is 0 Å². The standard InChI is InChI=1S/C31H28F4/c1-2-3-4-22-5-7-23(8-6-22)9-10-25-14-20-29-27(21-25)17-16-26(30(29)32)15-11-24-12-18-28(19-13-24)31(33,34)35/h2,5-8,12-14,16-21H,1,3-4,9-11,15H2. The van der Waals surface area contributed by atoms with Gasteiger partial charge in [0.1, 0.15) is 5.82 Å². The summed E-state index contributed by atoms with van der Waals surface area (Å²) in [5.41, 5.74) is 4.39. The van der Waals surface area contributed by atoms with Gasteiger partial charge in [0.15, 0.2) is 0 Å². The number of alkyl halides is 3. The molecule has 4 aromatic carbocycles. The van der Waals surface area contributed by atoms with Gasteiger partial charge >= 0.3 is 6.18 Å². The van der Waals surface area contributed by atoms with Gasteiger partial charge in [-0.25, -0.2) is 4.39 Å². The Morgan fingerprint density at radius 1 is 0.629 bits per heavy atom. The van der Waals surface area contributed by atoms with Crippen LogP contribution < -0.4 is 0 Å². The Bertz CT molecular complexity index is 1280. The van der Waals surface area contributed by atoms with E-state index in [4.69, 9.17) is 0 Å². The van der Waals surface area contributed by atoms with Crippen LogP contribution in [0.4, 0.5) is 17.6 Å². The summed E-state index contributed by atoms with van der Waals surface area (Å²) < 4.78 is 53.3. The van der Waals surface area contributed by atoms with Crippen molar-refractivity contribution in [1.82, 2.24) is 0 Å². The van der Waals surface area contributed by atoms with Crippen LogP contribution in [0.3, 0.4) is 0 Å². The summed E-state index contributed by atoms with van der Waals surface area (Å²) in [5.74, 6) is -0.254. The Labute approximate surface area is 203 Å². The lowest BCUT2D eigenvalue weighted by Crippen LogP contribution is -2.04. The minimum atomic E-state index is -4.35. The van der Waals surface area contributed by atoms with Crippen LogP contribution >= 0.6 is 0 Å². The molecule has 0 nitrogen and oxygen atoms in total. The quantitative estimate of drug-likeness (QED) is 0.167. The van der Waals surface area contributed by atoms with Crippen molar-refractivity contribution in [3.05, 3.63) is 131 Å². The van der Waals surface area contributed by atoms with E-state index in [0.29, 0.717) is 23.8 Å². The van der Waals surface area contributed by atoms with Gasteiger partial charge in [-0.3, -0.25) is 0 Å². The lowest BCUT2D eigenvalue weighted by atomic mass is 9.97. The molecule has 0 saturated carbocycles. The van der Waals surface area contributed by atoms with Crippen molar-refractivity contribution in [1.29, 1.82) is 0 Å². The number of halogens is 4. The summed E-state index contributed by atoms with van der Waals surface area (Å²) in [6.07, 6.45) is 2.26. The van der Waals surface area contributed by atoms with Gasteiger partial charge in [0.25, 0.3) is 0 Å². The summed E-state index contributed by atoms with van der Waals surface area (Å²) in [6, 6.07) is 23.3. The van der Waals surface area contributed by atoms with Crippen molar-refractivity contribution in [3.63, 3.8) is 0 Å². The first kappa shape index (κ1) is 24.7. The average molecular weight is 477 g/mol. The fourth-order valence-corrected chi connectivity index (χ4v) is 4.30. The van der Waals surface area contributed by atoms with Crippen LogP contribution in [0, 0.1) is 5.82 Å². The first-order valence-electron chi connectivity index (χ1n) is 11.9. The minimum absolute atomic E-state index is 0.254. The maximum absolute atomic E-state index is 15.1. The maximum Gasteiger partial charge on any atom is 0.416 e. The highest BCUT2D eigenvalue weighted by molar-refractivity contribution is 5.84. The molecule has 4 heteroatoms. The molecule has 4 aromatic rings. The van der Waals surface area contributed by atoms with E-state index >= 15 is 4.39 Å². The summed E-state index contributed by atoms with van der Waals surface area (Å²) in [7, 11) is 0. The topological polar surface area (TPSA) is 0 Å². The Balaban J connectivity index is 1.39. The van der Waals surface area contributed by atoms with Crippen LogP contribution in [0.1, 0.15) is 39.8 Å². The Morgan fingerprint density at radius 2 is 1.17 bits per heavy atom. The third-order valence-corrected chi connectivity index (χ3v) is 6.43. The zero-order valence-corrected chi connectivity index (χ0v) is 19.5. The molecule has 0 radical (unpaired) electrons. The van der Waals surface area contributed by atoms with Gasteiger partial charge in [0.2, 0.25) is 0 Å². The van der Waals surface area contributed by atoms with Crippen LogP contribution in [0.25, 0.3) is 10.8 Å². The summed E-state index contributed by atoms with van der Waals surface area (Å²) >= 11 is 0. The predicted molar refractivity (Wildman–Crippen MR) is 135 cm³/mol. The van der Waals surface area contributed by atoms with Crippen molar-refractivity contribution in [2.24, 2.45) is 0 Å². The lowest BCUT2D eigenvalue weighted by molar-refractivity contribution is -0.137. The van der Waals surface area contributed by atoms with Crippen molar-refractivity contribution >= 4 is 10.8 Å². The molecule has 0 fully saturated rings. The van der Waals surface area contributed by atoms with Gasteiger partial charge in [-0.2, -0.15) is 13.2 Å². The van der Waals surface area contributed by atoms with Crippen LogP contribution in [0.2, 0.25) is 0 Å². The van der Waals surface area contributed by atoms with Gasteiger partial charge in [0, 0.05) is 5.39 Å². The number of hydrogen-bond donors (Lipinski definition) is 0. The van der Waals surface area contributed by atoms with Crippen LogP contribution in [0.15, 0.2) is 91.5 Å². The van der Waals surface area contributed by atoms with Gasteiger partial charge in [-0.05, 0) is 83.9 Å². The molecular formula is C31H28F4. The fraction of sp³-hybridized carbons (Fsp3) is 0.226. The van der Waals surface area contributed by atoms with E-state index in [9.17, 15) is 13.2 Å². The summed E-state index contributed by atoms with van der Waals surface area (Å²) in [5, 5.41) is 1.43. The highest BCUT2D eigenvalue weighted by atomic mass is 19.4. The third kappa shape index (κ3) is 6.39. The highest BCUT2D eigenvalue weighted by Crippen LogP contribution is 2.29. The first-order chi connectivity index (χ1) is 16.8. The van der Waals surface area contributed by atoms with E-state index in [1.165, 1.54) is 23.3 Å². The van der Waals surface area contributed by atoms with Gasteiger partial charge in [-0.15, -0.1) is 6.58 Å². The van der Waals surface area contributed by atoms with E-state index in [2.05, 4.69) is 30.8 Å². The molecule has 0 spiro atoms. The Hall–Kier alpha value is -3.40. The number of rotatable bonds is 9. The second-order valence-electron chi connectivity index (χ2n) is 8.93. The number of hydrogen-bond acceptors (Lipinski definition) is 0. The molecule has 0 N–H and O–H groups in total. The van der Waals surface area contributed by atoms with Crippen molar-refractivity contribution < 1.29 is 17.6 Å². The maximum atomic E-state index is 15.1. The largest absolute Gasteiger partial charge is 0.416 e. The van der Waals surface area contributed by atoms with Crippen LogP contribution in [-0.4, -0.2) is 0 Å². The fourth-order valence-electron chi connectivity index (χ4n) is 4.30. The molecule has 0 atom stereocenters. The first-order valence-corrected chi connectivity index (χ1v) is 11.9. The molecule has 0 bridgehead atoms. The molecular weight excluding hydrogens is 448 g/mol. The van der Waals surface area contributed by atoms with E-state index in [-0.39, 0.29) is 5.82 Å². The third-order valence-electron chi connectivity index (χ3n) is 6.43. The van der Waals surface area contributed by atoms with Crippen molar-refractivity contribution in [2.45, 2.75) is 44.7 Å². The molecule has 4 rings (SSSR count). The van der Waals surface area contributed by atoms with E-state index in [1.54, 1.807) is 6.07 Å². The SMILES string of the molecule is C=CCCc1ccc(CCc2ccc3c(F)c(CCc4ccc(C(F)(F)F)cc4)ccc3c2)cc1. The smallest absolute Gasteiger partial charge is 0.206 e. The summed E-state index contributed by atoms with van der Waals surface area (Å²) in [6.45, 7) is 3.76. The molecule has 0 heterocycles. The van der Waals surface area contributed by atoms with Crippen molar-refractivity contribution in [2.75, 3.05) is 0 Å². The highest BCUT2D eigenvalue weighted by Gasteiger charge is 2.29. The molecule has 0 aliphatic heterocycles. The van der Waals surface area contributed by atoms with Crippen LogP contribution in [-0.2, 0) is 38.3 Å². The predicted octanol–water partition coefficient (Wildman–Crippen LogP) is 8.69. The molecule has 0 amide bonds. The normalized spacial score (nSPS) is 11.7. The van der Waals surface area contributed by atoms with E-state index < -0.39 is 11.7 Å². The Morgan fingerprint density at radius 3 is 1.80 bits per heavy atom. The zero-order valence-electron chi connectivity index (χ0n) is 19.5. The number of aryl methyl sites for hydroxylation is 5. The molecule has 0 aliphatic carbocycles. The molecule has 0 saturated heterocycles. The molecule has 180 valence electrons. The van der Waals surface area contributed by atoms with Gasteiger partial charge in [-0.1, -0.05) is 72.8 Å². The zero-order chi connectivity index (χ0) is 24.8. The number of allylic oxidation sites excluding steroid dienone is 1. The Kier molecular flexibility index (Phi) is 7.70. The minimum Gasteiger partial charge on any atom is -0.206 e. The van der Waals surface area contributed by atoms with Crippen LogP contribution in [0.5, 0.6) is 0 Å². The second kappa shape index (κ2) is 10.9. The number of benzene rings is 4. The number of fused-ring (bicyclic) bond motifs is 1. The molecule has 35 heavy (non-hydrogen) atoms. The van der Waals surface area contributed by atoms with E-state index in [1.807, 2.05) is 30.3 Å². The van der Waals surface area contributed by atoms with Gasteiger partial charge < -0.3 is 0 Å². The van der Waals surface area contributed by atoms with Gasteiger partial charge in [0.05, 0.1) is 5.56 Å². The summed E-state index contributed by atoms with van der Waals surface area (Å²) in [4.78, 5) is 0. The lowest BCUT2D eigenvalue weighted by Gasteiger charge is -2.10.